The number of rotatable bonds is 13. The first-order chi connectivity index (χ1) is 19.8. The third-order valence-electron chi connectivity index (χ3n) is 6.92. The molecular formula is C30H40Cl2N6O4S. The number of nitrogens with one attached hydrogen (secondary N) is 2. The molecule has 234 valence electrons. The van der Waals surface area contributed by atoms with Gasteiger partial charge in [0.1, 0.15) is 5.01 Å². The summed E-state index contributed by atoms with van der Waals surface area (Å²) in [6.45, 7) is 9.42. The van der Waals surface area contributed by atoms with Gasteiger partial charge in [0.2, 0.25) is 5.91 Å². The van der Waals surface area contributed by atoms with Gasteiger partial charge in [0.25, 0.3) is 5.91 Å². The van der Waals surface area contributed by atoms with Crippen LogP contribution in [0, 0.1) is 6.92 Å². The van der Waals surface area contributed by atoms with Gasteiger partial charge < -0.3 is 20.3 Å². The second-order valence-corrected chi connectivity index (χ2v) is 10.7. The third kappa shape index (κ3) is 9.38. The van der Waals surface area contributed by atoms with Gasteiger partial charge in [0.15, 0.2) is 5.69 Å². The van der Waals surface area contributed by atoms with E-state index in [-0.39, 0.29) is 62.0 Å². The molecule has 2 amide bonds. The van der Waals surface area contributed by atoms with Gasteiger partial charge in [-0.15, -0.1) is 36.2 Å². The molecular weight excluding hydrogens is 611 g/mol. The van der Waals surface area contributed by atoms with Gasteiger partial charge in [-0.2, -0.15) is 0 Å². The summed E-state index contributed by atoms with van der Waals surface area (Å²) in [5, 5.41) is 12.2. The number of hydrogen-bond acceptors (Lipinski definition) is 9. The molecule has 0 unspecified atom stereocenters. The summed E-state index contributed by atoms with van der Waals surface area (Å²) in [5.74, 6) is -0.714. The van der Waals surface area contributed by atoms with Crippen LogP contribution in [0.25, 0.3) is 10.6 Å². The SMILES string of the molecule is CCNCCNC(=O)CN(CC(=O)N(C)N1Cc2ccccc2C1)c1ccc(-c2nc(C(=O)OCC)cs2)cc1C.Cl.Cl. The number of halogens is 2. The Hall–Kier alpha value is -3.22. The van der Waals surface area contributed by atoms with E-state index in [2.05, 4.69) is 27.8 Å². The van der Waals surface area contributed by atoms with E-state index in [1.807, 2.05) is 54.1 Å². The average Bonchev–Trinajstić information content (AvgIpc) is 3.63. The normalized spacial score (nSPS) is 12.0. The number of hydrazine groups is 1. The van der Waals surface area contributed by atoms with Crippen LogP contribution in [0.1, 0.15) is 41.0 Å². The van der Waals surface area contributed by atoms with E-state index in [0.717, 1.165) is 23.4 Å². The number of thiazole rings is 1. The number of ether oxygens (including phenoxy) is 1. The molecule has 0 atom stereocenters. The number of carbonyl (C=O) groups excluding carboxylic acids is 3. The van der Waals surface area contributed by atoms with Crippen molar-refractivity contribution >= 4 is 59.6 Å². The summed E-state index contributed by atoms with van der Waals surface area (Å²) in [7, 11) is 1.78. The lowest BCUT2D eigenvalue weighted by atomic mass is 10.1. The van der Waals surface area contributed by atoms with E-state index in [4.69, 9.17) is 4.74 Å². The highest BCUT2D eigenvalue weighted by atomic mass is 35.5. The molecule has 10 nitrogen and oxygen atoms in total. The number of likely N-dealkylation sites (N-methyl/N-ethyl adjacent to an activating group) is 2. The Morgan fingerprint density at radius 3 is 2.35 bits per heavy atom. The van der Waals surface area contributed by atoms with Crippen molar-refractivity contribution in [3.63, 3.8) is 0 Å². The van der Waals surface area contributed by atoms with E-state index >= 15 is 0 Å². The monoisotopic (exact) mass is 650 g/mol. The number of aromatic nitrogens is 1. The van der Waals surface area contributed by atoms with Crippen molar-refractivity contribution in [2.75, 3.05) is 51.3 Å². The number of amides is 2. The molecule has 0 saturated carbocycles. The Morgan fingerprint density at radius 2 is 1.72 bits per heavy atom. The molecule has 0 saturated heterocycles. The molecule has 3 aromatic rings. The summed E-state index contributed by atoms with van der Waals surface area (Å²) in [6.07, 6.45) is 0. The van der Waals surface area contributed by atoms with Gasteiger partial charge in [-0.25, -0.2) is 14.8 Å². The molecule has 1 aliphatic rings. The minimum absolute atomic E-state index is 0. The topological polar surface area (TPSA) is 107 Å². The van der Waals surface area contributed by atoms with E-state index < -0.39 is 5.97 Å². The summed E-state index contributed by atoms with van der Waals surface area (Å²) < 4.78 is 5.06. The average molecular weight is 652 g/mol. The van der Waals surface area contributed by atoms with E-state index in [9.17, 15) is 14.4 Å². The predicted molar refractivity (Wildman–Crippen MR) is 175 cm³/mol. The summed E-state index contributed by atoms with van der Waals surface area (Å²) in [6, 6.07) is 14.0. The lowest BCUT2D eigenvalue weighted by Gasteiger charge is -2.32. The fourth-order valence-electron chi connectivity index (χ4n) is 4.72. The number of fused-ring (bicyclic) bond motifs is 1. The number of nitrogens with zero attached hydrogens (tertiary/aromatic N) is 4. The largest absolute Gasteiger partial charge is 0.461 e. The Morgan fingerprint density at radius 1 is 1.02 bits per heavy atom. The zero-order chi connectivity index (χ0) is 29.4. The van der Waals surface area contributed by atoms with Crippen LogP contribution in [0.5, 0.6) is 0 Å². The molecule has 0 radical (unpaired) electrons. The third-order valence-corrected chi connectivity index (χ3v) is 7.81. The Bertz CT molecular complexity index is 1360. The zero-order valence-corrected chi connectivity index (χ0v) is 27.4. The maximum Gasteiger partial charge on any atom is 0.357 e. The Labute approximate surface area is 269 Å². The second kappa shape index (κ2) is 17.2. The molecule has 13 heteroatoms. The first-order valence-corrected chi connectivity index (χ1v) is 14.7. The van der Waals surface area contributed by atoms with Crippen LogP contribution in [0.15, 0.2) is 47.8 Å². The van der Waals surface area contributed by atoms with Gasteiger partial charge in [-0.05, 0) is 55.3 Å². The van der Waals surface area contributed by atoms with Crippen LogP contribution in [0.3, 0.4) is 0 Å². The molecule has 0 spiro atoms. The molecule has 2 heterocycles. The quantitative estimate of drug-likeness (QED) is 0.211. The maximum atomic E-state index is 13.5. The molecule has 1 aliphatic heterocycles. The molecule has 1 aromatic heterocycles. The number of aryl methyl sites for hydroxylation is 1. The Kier molecular flexibility index (Phi) is 14.4. The van der Waals surface area contributed by atoms with Crippen LogP contribution in [0.4, 0.5) is 5.69 Å². The van der Waals surface area contributed by atoms with E-state index in [0.29, 0.717) is 31.2 Å². The highest BCUT2D eigenvalue weighted by molar-refractivity contribution is 7.13. The van der Waals surface area contributed by atoms with E-state index in [1.54, 1.807) is 24.4 Å². The van der Waals surface area contributed by atoms with E-state index in [1.165, 1.54) is 22.5 Å². The van der Waals surface area contributed by atoms with Gasteiger partial charge in [-0.3, -0.25) is 14.6 Å². The van der Waals surface area contributed by atoms with Crippen molar-refractivity contribution in [3.8, 4) is 10.6 Å². The smallest absolute Gasteiger partial charge is 0.357 e. The standard InChI is InChI=1S/C30H38N6O4S.2ClH/c1-5-31-13-14-32-27(37)18-35(19-28(38)34(4)36-16-23-9-7-8-10-24(23)17-36)26-12-11-22(15-21(26)3)29-33-25(20-41-29)30(39)40-6-2;;/h7-12,15,20,31H,5-6,13-14,16-19H2,1-4H3,(H,32,37);2*1H. The molecule has 0 bridgehead atoms. The molecule has 0 aliphatic carbocycles. The van der Waals surface area contributed by atoms with Crippen LogP contribution in [-0.4, -0.2) is 79.2 Å². The van der Waals surface area contributed by atoms with Gasteiger partial charge in [0, 0.05) is 49.9 Å². The van der Waals surface area contributed by atoms with Crippen molar-refractivity contribution < 1.29 is 19.1 Å². The lowest BCUT2D eigenvalue weighted by Crippen LogP contribution is -2.48. The lowest BCUT2D eigenvalue weighted by molar-refractivity contribution is -0.145. The molecule has 0 fully saturated rings. The summed E-state index contributed by atoms with van der Waals surface area (Å²) in [4.78, 5) is 44.7. The zero-order valence-electron chi connectivity index (χ0n) is 24.9. The highest BCUT2D eigenvalue weighted by Crippen LogP contribution is 2.30. The van der Waals surface area contributed by atoms with Crippen molar-refractivity contribution in [1.82, 2.24) is 25.6 Å². The number of benzene rings is 2. The minimum atomic E-state index is -0.446. The molecule has 2 aromatic carbocycles. The molecule has 4 rings (SSSR count). The van der Waals surface area contributed by atoms with Crippen LogP contribution in [0.2, 0.25) is 0 Å². The summed E-state index contributed by atoms with van der Waals surface area (Å²) >= 11 is 1.37. The number of carbonyl (C=O) groups is 3. The molecule has 2 N–H and O–H groups in total. The maximum absolute atomic E-state index is 13.5. The fourth-order valence-corrected chi connectivity index (χ4v) is 5.51. The minimum Gasteiger partial charge on any atom is -0.461 e. The molecule has 43 heavy (non-hydrogen) atoms. The fraction of sp³-hybridized carbons (Fsp3) is 0.400. The van der Waals surface area contributed by atoms with Gasteiger partial charge in [-0.1, -0.05) is 31.2 Å². The summed E-state index contributed by atoms with van der Waals surface area (Å²) in [5.41, 5.74) is 5.22. The van der Waals surface area contributed by atoms with Crippen LogP contribution >= 0.6 is 36.2 Å². The second-order valence-electron chi connectivity index (χ2n) is 9.83. The number of hydrogen-bond donors (Lipinski definition) is 2. The number of esters is 1. The highest BCUT2D eigenvalue weighted by Gasteiger charge is 2.27. The first-order valence-electron chi connectivity index (χ1n) is 13.8. The van der Waals surface area contributed by atoms with Crippen LogP contribution < -0.4 is 15.5 Å². The van der Waals surface area contributed by atoms with Crippen molar-refractivity contribution in [2.24, 2.45) is 0 Å². The predicted octanol–water partition coefficient (Wildman–Crippen LogP) is 4.06. The Balaban J connectivity index is 0.00000323. The van der Waals surface area contributed by atoms with Crippen molar-refractivity contribution in [1.29, 1.82) is 0 Å². The van der Waals surface area contributed by atoms with Gasteiger partial charge in [0.05, 0.1) is 19.7 Å². The van der Waals surface area contributed by atoms with Crippen LogP contribution in [-0.2, 0) is 27.4 Å². The van der Waals surface area contributed by atoms with Gasteiger partial charge >= 0.3 is 5.97 Å². The van der Waals surface area contributed by atoms with Crippen molar-refractivity contribution in [2.45, 2.75) is 33.9 Å². The number of anilines is 1. The first kappa shape index (κ1) is 36.0. The van der Waals surface area contributed by atoms with Crippen molar-refractivity contribution in [3.05, 3.63) is 70.2 Å².